The highest BCUT2D eigenvalue weighted by Crippen LogP contribution is 2.47. The van der Waals surface area contributed by atoms with E-state index in [4.69, 9.17) is 25.8 Å². The van der Waals surface area contributed by atoms with E-state index in [1.807, 2.05) is 54.6 Å². The molecule has 2 aliphatic rings. The van der Waals surface area contributed by atoms with Crippen LogP contribution in [0.15, 0.2) is 71.6 Å². The van der Waals surface area contributed by atoms with E-state index in [0.717, 1.165) is 66.7 Å². The average Bonchev–Trinajstić information content (AvgIpc) is 3.11. The van der Waals surface area contributed by atoms with Crippen LogP contribution in [0.4, 0.5) is 11.4 Å². The monoisotopic (exact) mass is 609 g/mol. The Bertz CT molecular complexity index is 1400. The molecule has 0 spiro atoms. The molecule has 42 heavy (non-hydrogen) atoms. The third-order valence-corrected chi connectivity index (χ3v) is 9.23. The zero-order chi connectivity index (χ0) is 29.6. The van der Waals surface area contributed by atoms with Gasteiger partial charge < -0.3 is 24.0 Å². The molecule has 0 unspecified atom stereocenters. The van der Waals surface area contributed by atoms with Crippen LogP contribution < -0.4 is 19.3 Å². The number of halogens is 1. The highest BCUT2D eigenvalue weighted by molar-refractivity contribution is 7.99. The molecule has 8 nitrogen and oxygen atoms in total. The molecule has 1 saturated heterocycles. The number of hydrogen-bond acceptors (Lipinski definition) is 8. The van der Waals surface area contributed by atoms with Crippen LogP contribution in [0.25, 0.3) is 0 Å². The smallest absolute Gasteiger partial charge is 0.303 e. The SMILES string of the molecule is COc1ccc([C@H]2Sc3cc(Cl)ccc3N(CCCN3CCN(c4ccccc4OC)CC3)C(=O)[C@H]2OC(C)=O)cc1. The summed E-state index contributed by atoms with van der Waals surface area (Å²) >= 11 is 7.90. The summed E-state index contributed by atoms with van der Waals surface area (Å²) < 4.78 is 16.6. The summed E-state index contributed by atoms with van der Waals surface area (Å²) in [6.07, 6.45) is -0.218. The Labute approximate surface area is 256 Å². The van der Waals surface area contributed by atoms with Crippen LogP contribution in [0, 0.1) is 0 Å². The van der Waals surface area contributed by atoms with Gasteiger partial charge in [-0.3, -0.25) is 14.5 Å². The fraction of sp³-hybridized carbons (Fsp3) is 0.375. The van der Waals surface area contributed by atoms with Crippen molar-refractivity contribution in [2.24, 2.45) is 0 Å². The van der Waals surface area contributed by atoms with Gasteiger partial charge in [0.2, 0.25) is 0 Å². The molecule has 0 saturated carbocycles. The lowest BCUT2D eigenvalue weighted by Gasteiger charge is -2.37. The van der Waals surface area contributed by atoms with Crippen molar-refractivity contribution >= 4 is 46.6 Å². The average molecular weight is 610 g/mol. The van der Waals surface area contributed by atoms with Gasteiger partial charge in [0.15, 0.2) is 6.10 Å². The summed E-state index contributed by atoms with van der Waals surface area (Å²) in [5.74, 6) is 0.865. The number of amides is 1. The lowest BCUT2D eigenvalue weighted by molar-refractivity contribution is -0.152. The number of benzene rings is 3. The van der Waals surface area contributed by atoms with Crippen molar-refractivity contribution in [1.29, 1.82) is 0 Å². The first-order valence-electron chi connectivity index (χ1n) is 14.1. The number of para-hydroxylation sites is 2. The lowest BCUT2D eigenvalue weighted by Crippen LogP contribution is -2.48. The Hall–Kier alpha value is -3.40. The van der Waals surface area contributed by atoms with Gasteiger partial charge in [0.05, 0.1) is 30.8 Å². The zero-order valence-electron chi connectivity index (χ0n) is 24.1. The first-order chi connectivity index (χ1) is 20.4. The second-order valence-electron chi connectivity index (χ2n) is 10.3. The normalized spacial score (nSPS) is 19.2. The topological polar surface area (TPSA) is 71.6 Å². The van der Waals surface area contributed by atoms with Crippen LogP contribution in [0.5, 0.6) is 11.5 Å². The van der Waals surface area contributed by atoms with Crippen molar-refractivity contribution in [3.8, 4) is 11.5 Å². The lowest BCUT2D eigenvalue weighted by atomic mass is 10.1. The number of methoxy groups -OCH3 is 2. The Morgan fingerprint density at radius 3 is 2.36 bits per heavy atom. The van der Waals surface area contributed by atoms with Crippen LogP contribution in [-0.2, 0) is 14.3 Å². The molecule has 2 aliphatic heterocycles. The van der Waals surface area contributed by atoms with Gasteiger partial charge >= 0.3 is 5.97 Å². The van der Waals surface area contributed by atoms with E-state index in [-0.39, 0.29) is 5.91 Å². The molecule has 0 aromatic heterocycles. The fourth-order valence-electron chi connectivity index (χ4n) is 5.52. The van der Waals surface area contributed by atoms with Crippen LogP contribution >= 0.6 is 23.4 Å². The molecule has 222 valence electrons. The van der Waals surface area contributed by atoms with Crippen molar-refractivity contribution < 1.29 is 23.8 Å². The summed E-state index contributed by atoms with van der Waals surface area (Å²) in [6, 6.07) is 21.2. The van der Waals surface area contributed by atoms with E-state index in [1.54, 1.807) is 25.2 Å². The number of ether oxygens (including phenoxy) is 3. The molecule has 5 rings (SSSR count). The number of thioether (sulfide) groups is 1. The number of hydrogen-bond donors (Lipinski definition) is 0. The highest BCUT2D eigenvalue weighted by Gasteiger charge is 2.41. The van der Waals surface area contributed by atoms with Crippen molar-refractivity contribution in [3.05, 3.63) is 77.3 Å². The van der Waals surface area contributed by atoms with Gasteiger partial charge in [-0.2, -0.15) is 0 Å². The molecule has 0 bridgehead atoms. The van der Waals surface area contributed by atoms with Gasteiger partial charge in [-0.1, -0.05) is 35.9 Å². The Kier molecular flexibility index (Phi) is 9.82. The minimum atomic E-state index is -0.989. The number of carbonyl (C=O) groups excluding carboxylic acids is 2. The molecule has 0 N–H and O–H groups in total. The molecule has 10 heteroatoms. The quantitative estimate of drug-likeness (QED) is 0.287. The van der Waals surface area contributed by atoms with E-state index < -0.39 is 17.3 Å². The summed E-state index contributed by atoms with van der Waals surface area (Å²) in [6.45, 7) is 6.33. The van der Waals surface area contributed by atoms with E-state index in [1.165, 1.54) is 18.7 Å². The molecular formula is C32H36ClN3O5S. The number of anilines is 2. The highest BCUT2D eigenvalue weighted by atomic mass is 35.5. The van der Waals surface area contributed by atoms with E-state index in [2.05, 4.69) is 15.9 Å². The third-order valence-electron chi connectivity index (χ3n) is 7.64. The van der Waals surface area contributed by atoms with Crippen LogP contribution in [0.2, 0.25) is 5.02 Å². The van der Waals surface area contributed by atoms with Crippen LogP contribution in [-0.4, -0.2) is 76.4 Å². The Morgan fingerprint density at radius 2 is 1.67 bits per heavy atom. The maximum atomic E-state index is 14.1. The third kappa shape index (κ3) is 6.80. The maximum absolute atomic E-state index is 14.1. The van der Waals surface area contributed by atoms with Gasteiger partial charge in [0.1, 0.15) is 11.5 Å². The van der Waals surface area contributed by atoms with Gasteiger partial charge in [-0.25, -0.2) is 0 Å². The molecule has 3 aromatic rings. The Balaban J connectivity index is 1.31. The van der Waals surface area contributed by atoms with Gasteiger partial charge in [-0.15, -0.1) is 11.8 Å². The molecule has 1 amide bonds. The van der Waals surface area contributed by atoms with E-state index >= 15 is 0 Å². The van der Waals surface area contributed by atoms with Gasteiger partial charge in [0.25, 0.3) is 5.91 Å². The van der Waals surface area contributed by atoms with Crippen LogP contribution in [0.1, 0.15) is 24.2 Å². The number of piperazine rings is 1. The van der Waals surface area contributed by atoms with Crippen LogP contribution in [0.3, 0.4) is 0 Å². The summed E-state index contributed by atoms with van der Waals surface area (Å²) in [7, 11) is 3.31. The fourth-order valence-corrected chi connectivity index (χ4v) is 7.11. The minimum Gasteiger partial charge on any atom is -0.497 e. The van der Waals surface area contributed by atoms with Crippen molar-refractivity contribution in [2.75, 3.05) is 63.3 Å². The summed E-state index contributed by atoms with van der Waals surface area (Å²) in [5.41, 5.74) is 2.76. The second-order valence-corrected chi connectivity index (χ2v) is 11.9. The number of carbonyl (C=O) groups is 2. The van der Waals surface area contributed by atoms with Crippen molar-refractivity contribution in [3.63, 3.8) is 0 Å². The zero-order valence-corrected chi connectivity index (χ0v) is 25.7. The largest absolute Gasteiger partial charge is 0.497 e. The number of fused-ring (bicyclic) bond motifs is 1. The first-order valence-corrected chi connectivity index (χ1v) is 15.3. The van der Waals surface area contributed by atoms with Crippen molar-refractivity contribution in [2.45, 2.75) is 29.6 Å². The second kappa shape index (κ2) is 13.7. The van der Waals surface area contributed by atoms with E-state index in [0.29, 0.717) is 17.3 Å². The number of nitrogens with zero attached hydrogens (tertiary/aromatic N) is 3. The molecule has 2 atom stereocenters. The molecule has 0 aliphatic carbocycles. The van der Waals surface area contributed by atoms with E-state index in [9.17, 15) is 9.59 Å². The molecule has 1 fully saturated rings. The van der Waals surface area contributed by atoms with Crippen molar-refractivity contribution in [1.82, 2.24) is 4.90 Å². The number of rotatable bonds is 9. The maximum Gasteiger partial charge on any atom is 0.303 e. The predicted molar refractivity (Wildman–Crippen MR) is 167 cm³/mol. The first kappa shape index (κ1) is 30.1. The molecule has 2 heterocycles. The van der Waals surface area contributed by atoms with Gasteiger partial charge in [0, 0.05) is 49.6 Å². The molecule has 3 aromatic carbocycles. The predicted octanol–water partition coefficient (Wildman–Crippen LogP) is 5.68. The van der Waals surface area contributed by atoms with Gasteiger partial charge in [-0.05, 0) is 61.0 Å². The standard InChI is InChI=1S/C32H36ClN3O5S/c1-22(37)41-30-31(23-9-12-25(39-2)13-10-23)42-29-21-24(33)11-14-27(29)36(32(30)38)16-6-15-34-17-19-35(20-18-34)26-7-4-5-8-28(26)40-3/h4-5,7-14,21,30-31H,6,15-20H2,1-3H3/t30-,31+/m0/s1. The minimum absolute atomic E-state index is 0.236. The Morgan fingerprint density at radius 1 is 0.929 bits per heavy atom. The summed E-state index contributed by atoms with van der Waals surface area (Å²) in [5, 5.41) is 0.138. The summed E-state index contributed by atoms with van der Waals surface area (Å²) in [4.78, 5) is 33.8. The molecular weight excluding hydrogens is 574 g/mol. The number of esters is 1. The molecule has 0 radical (unpaired) electrons.